The Kier molecular flexibility index (Phi) is 6.36. The summed E-state index contributed by atoms with van der Waals surface area (Å²) in [6, 6.07) is -0.828. The van der Waals surface area contributed by atoms with E-state index in [9.17, 15) is 13.6 Å². The third-order valence-electron chi connectivity index (χ3n) is 1.79. The van der Waals surface area contributed by atoms with Gasteiger partial charge in [0.15, 0.2) is 0 Å². The average Bonchev–Trinajstić information content (AvgIpc) is 2.11. The van der Waals surface area contributed by atoms with Gasteiger partial charge in [-0.2, -0.15) is 0 Å². The van der Waals surface area contributed by atoms with E-state index in [0.717, 1.165) is 0 Å². The zero-order valence-corrected chi connectivity index (χ0v) is 8.81. The summed E-state index contributed by atoms with van der Waals surface area (Å²) in [5.41, 5.74) is 0. The second-order valence-electron chi connectivity index (χ2n) is 3.52. The first-order chi connectivity index (χ1) is 6.45. The molecule has 1 unspecified atom stereocenters. The lowest BCUT2D eigenvalue weighted by molar-refractivity contribution is -0.123. The van der Waals surface area contributed by atoms with E-state index in [2.05, 4.69) is 10.6 Å². The van der Waals surface area contributed by atoms with Crippen LogP contribution in [0.15, 0.2) is 0 Å². The smallest absolute Gasteiger partial charge is 0.253 e. The first kappa shape index (κ1) is 13.3. The van der Waals surface area contributed by atoms with Crippen molar-refractivity contribution in [2.75, 3.05) is 13.1 Å². The summed E-state index contributed by atoms with van der Waals surface area (Å²) in [7, 11) is 0. The largest absolute Gasteiger partial charge is 0.355 e. The third kappa shape index (κ3) is 5.85. The first-order valence-electron chi connectivity index (χ1n) is 4.74. The van der Waals surface area contributed by atoms with Gasteiger partial charge in [0.1, 0.15) is 0 Å². The molecule has 0 aliphatic carbocycles. The Morgan fingerprint density at radius 1 is 1.21 bits per heavy atom. The minimum absolute atomic E-state index is 0.0588. The predicted molar refractivity (Wildman–Crippen MR) is 51.3 cm³/mol. The van der Waals surface area contributed by atoms with Crippen LogP contribution >= 0.6 is 0 Å². The molecule has 3 nitrogen and oxygen atoms in total. The molecule has 0 rings (SSSR count). The molecule has 0 saturated carbocycles. The van der Waals surface area contributed by atoms with Crippen LogP contribution in [0.25, 0.3) is 0 Å². The van der Waals surface area contributed by atoms with Gasteiger partial charge in [0.05, 0.1) is 6.04 Å². The highest BCUT2D eigenvalue weighted by Gasteiger charge is 2.13. The molecule has 5 heteroatoms. The van der Waals surface area contributed by atoms with E-state index in [4.69, 9.17) is 0 Å². The van der Waals surface area contributed by atoms with Crippen LogP contribution in [-0.2, 0) is 4.79 Å². The standard InChI is InChI=1S/C9H18F2N2O/c1-6(2)9(14)13-5-4-12-7(3)8(10)11/h6-8,12H,4-5H2,1-3H3,(H,13,14). The third-order valence-corrected chi connectivity index (χ3v) is 1.79. The van der Waals surface area contributed by atoms with Crippen LogP contribution in [0.1, 0.15) is 20.8 Å². The fraction of sp³-hybridized carbons (Fsp3) is 0.889. The van der Waals surface area contributed by atoms with Crippen LogP contribution in [0.3, 0.4) is 0 Å². The van der Waals surface area contributed by atoms with E-state index >= 15 is 0 Å². The van der Waals surface area contributed by atoms with Crippen molar-refractivity contribution in [1.29, 1.82) is 0 Å². The minimum Gasteiger partial charge on any atom is -0.355 e. The Balaban J connectivity index is 3.43. The summed E-state index contributed by atoms with van der Waals surface area (Å²) in [6.45, 7) is 5.72. The Morgan fingerprint density at radius 2 is 1.79 bits per heavy atom. The number of rotatable bonds is 6. The van der Waals surface area contributed by atoms with Gasteiger partial charge in [-0.05, 0) is 6.92 Å². The number of hydrogen-bond donors (Lipinski definition) is 2. The van der Waals surface area contributed by atoms with Gasteiger partial charge < -0.3 is 10.6 Å². The molecule has 0 aliphatic rings. The van der Waals surface area contributed by atoms with E-state index in [1.165, 1.54) is 6.92 Å². The molecule has 1 atom stereocenters. The Bertz CT molecular complexity index is 174. The maximum absolute atomic E-state index is 12.0. The molecule has 0 aromatic carbocycles. The Labute approximate surface area is 83.3 Å². The molecule has 0 heterocycles. The Morgan fingerprint density at radius 3 is 2.21 bits per heavy atom. The van der Waals surface area contributed by atoms with Gasteiger partial charge in [-0.15, -0.1) is 0 Å². The highest BCUT2D eigenvalue weighted by molar-refractivity contribution is 5.77. The van der Waals surface area contributed by atoms with Crippen molar-refractivity contribution in [3.05, 3.63) is 0 Å². The number of carbonyl (C=O) groups excluding carboxylic acids is 1. The molecule has 0 spiro atoms. The fourth-order valence-electron chi connectivity index (χ4n) is 0.779. The van der Waals surface area contributed by atoms with Crippen molar-refractivity contribution in [3.8, 4) is 0 Å². The van der Waals surface area contributed by atoms with E-state index < -0.39 is 12.5 Å². The second kappa shape index (κ2) is 6.70. The molecular formula is C9H18F2N2O. The monoisotopic (exact) mass is 208 g/mol. The van der Waals surface area contributed by atoms with Gasteiger partial charge in [-0.3, -0.25) is 4.79 Å². The predicted octanol–water partition coefficient (Wildman–Crippen LogP) is 1.00. The summed E-state index contributed by atoms with van der Waals surface area (Å²) in [5, 5.41) is 5.24. The highest BCUT2D eigenvalue weighted by atomic mass is 19.3. The molecule has 0 aliphatic heterocycles. The molecule has 0 aromatic heterocycles. The molecule has 0 radical (unpaired) electrons. The zero-order valence-electron chi connectivity index (χ0n) is 8.81. The average molecular weight is 208 g/mol. The van der Waals surface area contributed by atoms with E-state index in [-0.39, 0.29) is 11.8 Å². The highest BCUT2D eigenvalue weighted by Crippen LogP contribution is 1.98. The van der Waals surface area contributed by atoms with Crippen molar-refractivity contribution in [1.82, 2.24) is 10.6 Å². The number of amides is 1. The van der Waals surface area contributed by atoms with Crippen LogP contribution < -0.4 is 10.6 Å². The van der Waals surface area contributed by atoms with Crippen molar-refractivity contribution in [2.24, 2.45) is 5.92 Å². The maximum Gasteiger partial charge on any atom is 0.253 e. The molecule has 14 heavy (non-hydrogen) atoms. The molecule has 2 N–H and O–H groups in total. The SMILES string of the molecule is CC(C)C(=O)NCCNC(C)C(F)F. The number of alkyl halides is 2. The van der Waals surface area contributed by atoms with Gasteiger partial charge in [0.25, 0.3) is 6.43 Å². The second-order valence-corrected chi connectivity index (χ2v) is 3.52. The van der Waals surface area contributed by atoms with Crippen LogP contribution in [0.4, 0.5) is 8.78 Å². The van der Waals surface area contributed by atoms with E-state index in [1.807, 2.05) is 0 Å². The van der Waals surface area contributed by atoms with Crippen LogP contribution in [0.5, 0.6) is 0 Å². The molecule has 84 valence electrons. The quantitative estimate of drug-likeness (QED) is 0.639. The lowest BCUT2D eigenvalue weighted by Crippen LogP contribution is -2.39. The van der Waals surface area contributed by atoms with Crippen molar-refractivity contribution in [2.45, 2.75) is 33.2 Å². The van der Waals surface area contributed by atoms with Crippen molar-refractivity contribution < 1.29 is 13.6 Å². The lowest BCUT2D eigenvalue weighted by Gasteiger charge is -2.13. The van der Waals surface area contributed by atoms with Gasteiger partial charge >= 0.3 is 0 Å². The fourth-order valence-corrected chi connectivity index (χ4v) is 0.779. The molecule has 0 bridgehead atoms. The number of hydrogen-bond acceptors (Lipinski definition) is 2. The molecule has 1 amide bonds. The van der Waals surface area contributed by atoms with Crippen LogP contribution in [-0.4, -0.2) is 31.5 Å². The number of carbonyl (C=O) groups is 1. The van der Waals surface area contributed by atoms with E-state index in [1.54, 1.807) is 13.8 Å². The molecule has 0 aromatic rings. The first-order valence-corrected chi connectivity index (χ1v) is 4.74. The summed E-state index contributed by atoms with van der Waals surface area (Å²) < 4.78 is 24.0. The summed E-state index contributed by atoms with van der Waals surface area (Å²) in [4.78, 5) is 11.0. The normalized spacial score (nSPS) is 13.4. The minimum atomic E-state index is -2.36. The zero-order chi connectivity index (χ0) is 11.1. The van der Waals surface area contributed by atoms with E-state index in [0.29, 0.717) is 13.1 Å². The van der Waals surface area contributed by atoms with Gasteiger partial charge in [0.2, 0.25) is 5.91 Å². The number of nitrogens with one attached hydrogen (secondary N) is 2. The molecular weight excluding hydrogens is 190 g/mol. The maximum atomic E-state index is 12.0. The lowest BCUT2D eigenvalue weighted by atomic mass is 10.2. The topological polar surface area (TPSA) is 41.1 Å². The van der Waals surface area contributed by atoms with Crippen molar-refractivity contribution in [3.63, 3.8) is 0 Å². The van der Waals surface area contributed by atoms with Crippen molar-refractivity contribution >= 4 is 5.91 Å². The molecule has 0 fully saturated rings. The summed E-state index contributed by atoms with van der Waals surface area (Å²) >= 11 is 0. The number of halogens is 2. The Hall–Kier alpha value is -0.710. The summed E-state index contributed by atoms with van der Waals surface area (Å²) in [5.74, 6) is -0.126. The van der Waals surface area contributed by atoms with Gasteiger partial charge in [-0.25, -0.2) is 8.78 Å². The molecule has 0 saturated heterocycles. The summed E-state index contributed by atoms with van der Waals surface area (Å²) in [6.07, 6.45) is -2.36. The van der Waals surface area contributed by atoms with Crippen LogP contribution in [0.2, 0.25) is 0 Å². The van der Waals surface area contributed by atoms with Crippen LogP contribution in [0, 0.1) is 5.92 Å². The van der Waals surface area contributed by atoms with Gasteiger partial charge in [0, 0.05) is 19.0 Å². The van der Waals surface area contributed by atoms with Gasteiger partial charge in [-0.1, -0.05) is 13.8 Å².